The third-order valence-electron chi connectivity index (χ3n) is 1.08. The second kappa shape index (κ2) is 3.26. The molecule has 58 valence electrons. The Labute approximate surface area is 65.2 Å². The highest BCUT2D eigenvalue weighted by Gasteiger charge is 2.08. The summed E-state index contributed by atoms with van der Waals surface area (Å²) in [6, 6.07) is 0. The van der Waals surface area contributed by atoms with Crippen molar-refractivity contribution in [3.8, 4) is 0 Å². The average molecular weight is 164 g/mol. The smallest absolute Gasteiger partial charge is 0.199 e. The Morgan fingerprint density at radius 2 is 2.40 bits per heavy atom. The van der Waals surface area contributed by atoms with Gasteiger partial charge in [-0.3, -0.25) is 10.7 Å². The van der Waals surface area contributed by atoms with Crippen LogP contribution in [0.3, 0.4) is 0 Å². The monoisotopic (exact) mass is 163 g/mol. The molecule has 0 aromatic heterocycles. The van der Waals surface area contributed by atoms with Gasteiger partial charge in [-0.1, -0.05) is 0 Å². The van der Waals surface area contributed by atoms with Crippen LogP contribution in [0, 0.1) is 5.41 Å². The van der Waals surface area contributed by atoms with Crippen LogP contribution in [-0.2, 0) is 0 Å². The maximum absolute atomic E-state index is 7.18. The molecule has 0 amide bonds. The van der Waals surface area contributed by atoms with Gasteiger partial charge in [0.1, 0.15) is 6.67 Å². The van der Waals surface area contributed by atoms with E-state index in [2.05, 4.69) is 10.3 Å². The molecule has 1 aliphatic heterocycles. The summed E-state index contributed by atoms with van der Waals surface area (Å²) in [6.45, 7) is 0.470. The Morgan fingerprint density at radius 3 is 2.80 bits per heavy atom. The summed E-state index contributed by atoms with van der Waals surface area (Å²) in [5.74, 6) is 0.612. The highest BCUT2D eigenvalue weighted by Crippen LogP contribution is 1.87. The van der Waals surface area contributed by atoms with Crippen molar-refractivity contribution in [1.29, 1.82) is 5.41 Å². The number of guanidine groups is 2. The van der Waals surface area contributed by atoms with Crippen LogP contribution < -0.4 is 11.1 Å². The van der Waals surface area contributed by atoms with Crippen LogP contribution in [0.2, 0.25) is 0 Å². The van der Waals surface area contributed by atoms with Crippen LogP contribution in [0.25, 0.3) is 0 Å². The largest absolute Gasteiger partial charge is 0.370 e. The fourth-order valence-electron chi connectivity index (χ4n) is 0.509. The van der Waals surface area contributed by atoms with Crippen LogP contribution in [-0.4, -0.2) is 30.5 Å². The highest BCUT2D eigenvalue weighted by molar-refractivity contribution is 5.97. The zero-order chi connectivity index (χ0) is 6.85. The quantitative estimate of drug-likeness (QED) is 0.436. The Balaban J connectivity index is 0.000000810. The van der Waals surface area contributed by atoms with Gasteiger partial charge >= 0.3 is 0 Å². The van der Waals surface area contributed by atoms with E-state index in [1.807, 2.05) is 0 Å². The molecular weight excluding hydrogens is 154 g/mol. The van der Waals surface area contributed by atoms with E-state index in [1.165, 1.54) is 0 Å². The van der Waals surface area contributed by atoms with Crippen LogP contribution in [0.4, 0.5) is 0 Å². The van der Waals surface area contributed by atoms with Crippen molar-refractivity contribution >= 4 is 24.3 Å². The normalized spacial score (nSPS) is 17.1. The molecule has 10 heavy (non-hydrogen) atoms. The molecule has 0 fully saturated rings. The highest BCUT2D eigenvalue weighted by atomic mass is 35.5. The molecule has 5 nitrogen and oxygen atoms in total. The Kier molecular flexibility index (Phi) is 2.95. The number of aliphatic imine (C=N–C) groups is 1. The molecule has 0 spiro atoms. The number of rotatable bonds is 0. The summed E-state index contributed by atoms with van der Waals surface area (Å²) in [4.78, 5) is 5.48. The zero-order valence-corrected chi connectivity index (χ0v) is 6.40. The van der Waals surface area contributed by atoms with Crippen molar-refractivity contribution in [1.82, 2.24) is 10.2 Å². The van der Waals surface area contributed by atoms with Crippen LogP contribution >= 0.6 is 12.4 Å². The molecule has 1 rings (SSSR count). The Hall–Kier alpha value is -0.970. The van der Waals surface area contributed by atoms with Gasteiger partial charge in [-0.2, -0.15) is 0 Å². The van der Waals surface area contributed by atoms with Crippen molar-refractivity contribution < 1.29 is 0 Å². The van der Waals surface area contributed by atoms with E-state index in [0.717, 1.165) is 0 Å². The molecule has 0 saturated carbocycles. The van der Waals surface area contributed by atoms with Gasteiger partial charge in [0.2, 0.25) is 0 Å². The second-order valence-corrected chi connectivity index (χ2v) is 1.86. The predicted octanol–water partition coefficient (Wildman–Crippen LogP) is -0.850. The molecule has 1 heterocycles. The number of nitrogens with one attached hydrogen (secondary N) is 2. The molecule has 0 bridgehead atoms. The van der Waals surface area contributed by atoms with Gasteiger partial charge in [0.25, 0.3) is 0 Å². The third-order valence-corrected chi connectivity index (χ3v) is 1.08. The Morgan fingerprint density at radius 1 is 1.80 bits per heavy atom. The molecule has 0 aromatic rings. The van der Waals surface area contributed by atoms with Gasteiger partial charge < -0.3 is 10.6 Å². The number of nitrogens with two attached hydrogens (primary N) is 1. The molecule has 0 aliphatic carbocycles. The van der Waals surface area contributed by atoms with Crippen molar-refractivity contribution in [3.63, 3.8) is 0 Å². The SMILES string of the molecule is CN1CN=C(N)NC1=N.Cl. The van der Waals surface area contributed by atoms with E-state index in [9.17, 15) is 0 Å². The second-order valence-electron chi connectivity index (χ2n) is 1.86. The van der Waals surface area contributed by atoms with Gasteiger partial charge in [-0.05, 0) is 0 Å². The standard InChI is InChI=1S/C4H9N5.ClH/c1-9-2-7-3(5)8-4(9)6;/h2H2,1H3,(H4,5,6,7,8);1H. The first kappa shape index (κ1) is 9.03. The predicted molar refractivity (Wildman–Crippen MR) is 42.4 cm³/mol. The minimum absolute atomic E-state index is 0. The molecular formula is C4H10ClN5. The molecule has 4 N–H and O–H groups in total. The summed E-state index contributed by atoms with van der Waals surface area (Å²) < 4.78 is 0. The van der Waals surface area contributed by atoms with Gasteiger partial charge in [-0.15, -0.1) is 12.4 Å². The van der Waals surface area contributed by atoms with E-state index in [0.29, 0.717) is 18.6 Å². The number of hydrogen-bond donors (Lipinski definition) is 3. The molecule has 0 saturated heterocycles. The van der Waals surface area contributed by atoms with E-state index in [1.54, 1.807) is 11.9 Å². The van der Waals surface area contributed by atoms with Crippen LogP contribution in [0.1, 0.15) is 0 Å². The van der Waals surface area contributed by atoms with Crippen LogP contribution in [0.5, 0.6) is 0 Å². The number of nitrogens with zero attached hydrogens (tertiary/aromatic N) is 2. The maximum Gasteiger partial charge on any atom is 0.199 e. The van der Waals surface area contributed by atoms with Gasteiger partial charge in [0.05, 0.1) is 0 Å². The lowest BCUT2D eigenvalue weighted by Crippen LogP contribution is -2.49. The number of halogens is 1. The van der Waals surface area contributed by atoms with Crippen molar-refractivity contribution in [2.24, 2.45) is 10.7 Å². The average Bonchev–Trinajstić information content (AvgIpc) is 1.80. The molecule has 6 heteroatoms. The molecule has 0 unspecified atom stereocenters. The first-order chi connectivity index (χ1) is 4.20. The van der Waals surface area contributed by atoms with E-state index < -0.39 is 0 Å². The zero-order valence-electron chi connectivity index (χ0n) is 5.59. The van der Waals surface area contributed by atoms with Crippen molar-refractivity contribution in [2.45, 2.75) is 0 Å². The van der Waals surface area contributed by atoms with Gasteiger partial charge in [0.15, 0.2) is 11.9 Å². The first-order valence-corrected chi connectivity index (χ1v) is 2.57. The lowest BCUT2D eigenvalue weighted by molar-refractivity contribution is 0.492. The van der Waals surface area contributed by atoms with E-state index in [4.69, 9.17) is 11.1 Å². The van der Waals surface area contributed by atoms with E-state index in [-0.39, 0.29) is 12.4 Å². The summed E-state index contributed by atoms with van der Waals surface area (Å²) in [5, 5.41) is 9.75. The minimum Gasteiger partial charge on any atom is -0.370 e. The molecule has 1 aliphatic rings. The maximum atomic E-state index is 7.18. The van der Waals surface area contributed by atoms with Crippen LogP contribution in [0.15, 0.2) is 4.99 Å². The minimum atomic E-state index is 0. The van der Waals surface area contributed by atoms with Crippen molar-refractivity contribution in [2.75, 3.05) is 13.7 Å². The number of hydrogen-bond acceptors (Lipinski definition) is 3. The fourth-order valence-corrected chi connectivity index (χ4v) is 0.509. The molecule has 0 radical (unpaired) electrons. The Bertz CT molecular complexity index is 165. The third kappa shape index (κ3) is 1.77. The molecule has 0 aromatic carbocycles. The van der Waals surface area contributed by atoms with E-state index >= 15 is 0 Å². The van der Waals surface area contributed by atoms with Crippen molar-refractivity contribution in [3.05, 3.63) is 0 Å². The lowest BCUT2D eigenvalue weighted by Gasteiger charge is -2.22. The lowest BCUT2D eigenvalue weighted by atomic mass is 10.7. The molecule has 0 atom stereocenters. The topological polar surface area (TPSA) is 77.5 Å². The van der Waals surface area contributed by atoms with Gasteiger partial charge in [0, 0.05) is 7.05 Å². The summed E-state index contributed by atoms with van der Waals surface area (Å²) >= 11 is 0. The summed E-state index contributed by atoms with van der Waals surface area (Å²) in [6.07, 6.45) is 0. The fraction of sp³-hybridized carbons (Fsp3) is 0.500. The summed E-state index contributed by atoms with van der Waals surface area (Å²) in [7, 11) is 1.77. The van der Waals surface area contributed by atoms with Gasteiger partial charge in [-0.25, -0.2) is 4.99 Å². The first-order valence-electron chi connectivity index (χ1n) is 2.57. The summed E-state index contributed by atoms with van der Waals surface area (Å²) in [5.41, 5.74) is 5.26.